The lowest BCUT2D eigenvalue weighted by molar-refractivity contribution is -0.117. The van der Waals surface area contributed by atoms with Crippen LogP contribution in [0.3, 0.4) is 0 Å². The van der Waals surface area contributed by atoms with Gasteiger partial charge in [-0.1, -0.05) is 24.3 Å². The van der Waals surface area contributed by atoms with Crippen LogP contribution in [0, 0.1) is 0 Å². The van der Waals surface area contributed by atoms with Crippen molar-refractivity contribution in [1.82, 2.24) is 4.90 Å². The number of ether oxygens (including phenoxy) is 2. The Morgan fingerprint density at radius 3 is 2.39 bits per heavy atom. The molecule has 122 valence electrons. The molecule has 0 aromatic heterocycles. The molecule has 2 aromatic rings. The summed E-state index contributed by atoms with van der Waals surface area (Å²) in [6, 6.07) is 15.2. The number of hydrogen-bond donors (Lipinski definition) is 1. The van der Waals surface area contributed by atoms with Gasteiger partial charge in [0.1, 0.15) is 0 Å². The lowest BCUT2D eigenvalue weighted by atomic mass is 10.2. The SMILES string of the molecule is COc1ccc(CN(C)CC(=O)Nc2ccccc2)cc1OC. The quantitative estimate of drug-likeness (QED) is 0.854. The third-order valence-corrected chi connectivity index (χ3v) is 3.37. The van der Waals surface area contributed by atoms with E-state index >= 15 is 0 Å². The number of carbonyl (C=O) groups excluding carboxylic acids is 1. The van der Waals surface area contributed by atoms with Crippen LogP contribution in [0.1, 0.15) is 5.56 Å². The van der Waals surface area contributed by atoms with Gasteiger partial charge in [-0.05, 0) is 36.9 Å². The highest BCUT2D eigenvalue weighted by Gasteiger charge is 2.10. The molecule has 1 N–H and O–H groups in total. The van der Waals surface area contributed by atoms with Gasteiger partial charge in [0.05, 0.1) is 20.8 Å². The molecule has 0 fully saturated rings. The highest BCUT2D eigenvalue weighted by molar-refractivity contribution is 5.92. The molecular weight excluding hydrogens is 292 g/mol. The molecule has 0 saturated heterocycles. The summed E-state index contributed by atoms with van der Waals surface area (Å²) in [4.78, 5) is 14.0. The molecule has 23 heavy (non-hydrogen) atoms. The second-order valence-electron chi connectivity index (χ2n) is 5.28. The molecule has 0 radical (unpaired) electrons. The summed E-state index contributed by atoms with van der Waals surface area (Å²) >= 11 is 0. The average molecular weight is 314 g/mol. The number of methoxy groups -OCH3 is 2. The van der Waals surface area contributed by atoms with Gasteiger partial charge in [-0.15, -0.1) is 0 Å². The Hall–Kier alpha value is -2.53. The van der Waals surface area contributed by atoms with Gasteiger partial charge < -0.3 is 14.8 Å². The maximum Gasteiger partial charge on any atom is 0.238 e. The zero-order valence-corrected chi connectivity index (χ0v) is 13.7. The van der Waals surface area contributed by atoms with Crippen molar-refractivity contribution in [2.24, 2.45) is 0 Å². The van der Waals surface area contributed by atoms with Crippen molar-refractivity contribution in [2.45, 2.75) is 6.54 Å². The zero-order chi connectivity index (χ0) is 16.7. The highest BCUT2D eigenvalue weighted by Crippen LogP contribution is 2.27. The first kappa shape index (κ1) is 16.8. The molecule has 0 heterocycles. The lowest BCUT2D eigenvalue weighted by Gasteiger charge is -2.17. The topological polar surface area (TPSA) is 50.8 Å². The van der Waals surface area contributed by atoms with Crippen LogP contribution in [0.15, 0.2) is 48.5 Å². The Labute approximate surface area is 136 Å². The minimum atomic E-state index is -0.0424. The molecule has 0 unspecified atom stereocenters. The van der Waals surface area contributed by atoms with E-state index in [2.05, 4.69) is 5.32 Å². The van der Waals surface area contributed by atoms with Gasteiger partial charge in [0, 0.05) is 12.2 Å². The van der Waals surface area contributed by atoms with Gasteiger partial charge in [-0.25, -0.2) is 0 Å². The van der Waals surface area contributed by atoms with Crippen molar-refractivity contribution < 1.29 is 14.3 Å². The Balaban J connectivity index is 1.91. The van der Waals surface area contributed by atoms with Crippen molar-refractivity contribution in [2.75, 3.05) is 33.1 Å². The number of para-hydroxylation sites is 1. The molecule has 5 nitrogen and oxygen atoms in total. The number of nitrogens with one attached hydrogen (secondary N) is 1. The van der Waals surface area contributed by atoms with Gasteiger partial charge in [0.2, 0.25) is 5.91 Å². The number of anilines is 1. The van der Waals surface area contributed by atoms with Crippen LogP contribution in [-0.2, 0) is 11.3 Å². The van der Waals surface area contributed by atoms with E-state index in [0.29, 0.717) is 24.6 Å². The van der Waals surface area contributed by atoms with Gasteiger partial charge in [0.25, 0.3) is 0 Å². The van der Waals surface area contributed by atoms with E-state index in [1.165, 1.54) is 0 Å². The number of benzene rings is 2. The van der Waals surface area contributed by atoms with E-state index in [9.17, 15) is 4.79 Å². The van der Waals surface area contributed by atoms with Gasteiger partial charge in [-0.3, -0.25) is 9.69 Å². The fraction of sp³-hybridized carbons (Fsp3) is 0.278. The van der Waals surface area contributed by atoms with Crippen LogP contribution in [0.25, 0.3) is 0 Å². The third kappa shape index (κ3) is 5.00. The smallest absolute Gasteiger partial charge is 0.238 e. The fourth-order valence-corrected chi connectivity index (χ4v) is 2.31. The Kier molecular flexibility index (Phi) is 6.00. The number of rotatable bonds is 7. The van der Waals surface area contributed by atoms with E-state index in [-0.39, 0.29) is 5.91 Å². The molecule has 2 rings (SSSR count). The monoisotopic (exact) mass is 314 g/mol. The largest absolute Gasteiger partial charge is 0.493 e. The molecule has 0 atom stereocenters. The molecule has 0 aliphatic heterocycles. The Morgan fingerprint density at radius 1 is 1.04 bits per heavy atom. The van der Waals surface area contributed by atoms with Crippen molar-refractivity contribution in [3.05, 3.63) is 54.1 Å². The summed E-state index contributed by atoms with van der Waals surface area (Å²) < 4.78 is 10.5. The normalized spacial score (nSPS) is 10.4. The highest BCUT2D eigenvalue weighted by atomic mass is 16.5. The molecule has 1 amide bonds. The molecule has 0 aliphatic carbocycles. The minimum Gasteiger partial charge on any atom is -0.493 e. The Bertz CT molecular complexity index is 644. The van der Waals surface area contributed by atoms with Crippen LogP contribution >= 0.6 is 0 Å². The van der Waals surface area contributed by atoms with E-state index in [4.69, 9.17) is 9.47 Å². The number of nitrogens with zero attached hydrogens (tertiary/aromatic N) is 1. The van der Waals surface area contributed by atoms with Gasteiger partial charge in [0.15, 0.2) is 11.5 Å². The summed E-state index contributed by atoms with van der Waals surface area (Å²) in [5.74, 6) is 1.34. The first-order chi connectivity index (χ1) is 11.1. The summed E-state index contributed by atoms with van der Waals surface area (Å²) in [6.07, 6.45) is 0. The first-order valence-corrected chi connectivity index (χ1v) is 7.36. The lowest BCUT2D eigenvalue weighted by Crippen LogP contribution is -2.29. The molecule has 0 spiro atoms. The van der Waals surface area contributed by atoms with Crippen molar-refractivity contribution in [1.29, 1.82) is 0 Å². The molecular formula is C18H22N2O3. The van der Waals surface area contributed by atoms with E-state index < -0.39 is 0 Å². The summed E-state index contributed by atoms with van der Waals surface area (Å²) in [6.45, 7) is 0.950. The van der Waals surface area contributed by atoms with E-state index in [1.807, 2.05) is 60.5 Å². The first-order valence-electron chi connectivity index (χ1n) is 7.36. The number of hydrogen-bond acceptors (Lipinski definition) is 4. The van der Waals surface area contributed by atoms with Gasteiger partial charge in [-0.2, -0.15) is 0 Å². The van der Waals surface area contributed by atoms with Crippen LogP contribution < -0.4 is 14.8 Å². The summed E-state index contributed by atoms with van der Waals surface area (Å²) in [5.41, 5.74) is 1.86. The third-order valence-electron chi connectivity index (χ3n) is 3.37. The fourth-order valence-electron chi connectivity index (χ4n) is 2.31. The van der Waals surface area contributed by atoms with E-state index in [1.54, 1.807) is 14.2 Å². The molecule has 2 aromatic carbocycles. The van der Waals surface area contributed by atoms with Crippen molar-refractivity contribution >= 4 is 11.6 Å². The van der Waals surface area contributed by atoms with Crippen LogP contribution in [0.2, 0.25) is 0 Å². The zero-order valence-electron chi connectivity index (χ0n) is 13.7. The second-order valence-corrected chi connectivity index (χ2v) is 5.28. The van der Waals surface area contributed by atoms with Gasteiger partial charge >= 0.3 is 0 Å². The molecule has 0 aliphatic rings. The summed E-state index contributed by atoms with van der Waals surface area (Å²) in [5, 5.41) is 2.87. The molecule has 5 heteroatoms. The summed E-state index contributed by atoms with van der Waals surface area (Å²) in [7, 11) is 5.12. The predicted octanol–water partition coefficient (Wildman–Crippen LogP) is 2.77. The second kappa shape index (κ2) is 8.19. The molecule has 0 saturated carbocycles. The maximum atomic E-state index is 12.0. The van der Waals surface area contributed by atoms with Crippen LogP contribution in [0.5, 0.6) is 11.5 Å². The van der Waals surface area contributed by atoms with Crippen LogP contribution in [-0.4, -0.2) is 38.6 Å². The van der Waals surface area contributed by atoms with Crippen LogP contribution in [0.4, 0.5) is 5.69 Å². The average Bonchev–Trinajstić information content (AvgIpc) is 2.55. The van der Waals surface area contributed by atoms with Crippen molar-refractivity contribution in [3.8, 4) is 11.5 Å². The minimum absolute atomic E-state index is 0.0424. The standard InChI is InChI=1S/C18H22N2O3/c1-20(13-18(21)19-15-7-5-4-6-8-15)12-14-9-10-16(22-2)17(11-14)23-3/h4-11H,12-13H2,1-3H3,(H,19,21). The van der Waals surface area contributed by atoms with Crippen molar-refractivity contribution in [3.63, 3.8) is 0 Å². The molecule has 0 bridgehead atoms. The number of amides is 1. The number of carbonyl (C=O) groups is 1. The Morgan fingerprint density at radius 2 is 1.74 bits per heavy atom. The predicted molar refractivity (Wildman–Crippen MR) is 91.0 cm³/mol. The maximum absolute atomic E-state index is 12.0. The van der Waals surface area contributed by atoms with E-state index in [0.717, 1.165) is 11.3 Å². The number of likely N-dealkylation sites (N-methyl/N-ethyl adjacent to an activating group) is 1.